The molecular formula is C10H19N3O4. The second-order valence-electron chi connectivity index (χ2n) is 3.65. The number of hydrogen-bond donors (Lipinski definition) is 4. The van der Waals surface area contributed by atoms with Gasteiger partial charge in [0.25, 0.3) is 0 Å². The van der Waals surface area contributed by atoms with Gasteiger partial charge in [0.1, 0.15) is 6.04 Å². The molecule has 7 nitrogen and oxygen atoms in total. The van der Waals surface area contributed by atoms with Crippen LogP contribution in [0.3, 0.4) is 0 Å². The zero-order chi connectivity index (χ0) is 13.3. The summed E-state index contributed by atoms with van der Waals surface area (Å²) >= 11 is 0. The van der Waals surface area contributed by atoms with E-state index in [0.717, 1.165) is 0 Å². The van der Waals surface area contributed by atoms with Crippen LogP contribution in [0.4, 0.5) is 4.79 Å². The number of carbonyl (C=O) groups is 3. The predicted molar refractivity (Wildman–Crippen MR) is 61.3 cm³/mol. The molecule has 0 heterocycles. The third kappa shape index (κ3) is 8.06. The quantitative estimate of drug-likeness (QED) is 0.442. The van der Waals surface area contributed by atoms with Gasteiger partial charge in [-0.25, -0.2) is 9.59 Å². The SMILES string of the molecule is CCC[C@@H](NC(=O)NCCCC(N)=O)C(=O)O. The topological polar surface area (TPSA) is 122 Å². The molecule has 17 heavy (non-hydrogen) atoms. The van der Waals surface area contributed by atoms with Crippen molar-refractivity contribution in [3.05, 3.63) is 0 Å². The van der Waals surface area contributed by atoms with Crippen LogP contribution >= 0.6 is 0 Å². The molecule has 0 saturated heterocycles. The van der Waals surface area contributed by atoms with Crippen molar-refractivity contribution in [2.24, 2.45) is 5.73 Å². The average molecular weight is 245 g/mol. The van der Waals surface area contributed by atoms with Gasteiger partial charge in [0.05, 0.1) is 0 Å². The van der Waals surface area contributed by atoms with Gasteiger partial charge < -0.3 is 21.5 Å². The van der Waals surface area contributed by atoms with E-state index in [9.17, 15) is 14.4 Å². The molecule has 0 aromatic rings. The zero-order valence-corrected chi connectivity index (χ0v) is 9.86. The molecule has 0 unspecified atom stereocenters. The zero-order valence-electron chi connectivity index (χ0n) is 9.86. The summed E-state index contributed by atoms with van der Waals surface area (Å²) in [5.74, 6) is -1.49. The molecule has 0 aromatic carbocycles. The number of urea groups is 1. The smallest absolute Gasteiger partial charge is 0.326 e. The van der Waals surface area contributed by atoms with Gasteiger partial charge in [0.15, 0.2) is 0 Å². The van der Waals surface area contributed by atoms with Crippen LogP contribution in [0.1, 0.15) is 32.6 Å². The summed E-state index contributed by atoms with van der Waals surface area (Å²) in [5, 5.41) is 13.6. The van der Waals surface area contributed by atoms with Gasteiger partial charge in [-0.3, -0.25) is 4.79 Å². The summed E-state index contributed by atoms with van der Waals surface area (Å²) in [4.78, 5) is 32.4. The molecule has 0 aliphatic carbocycles. The molecule has 7 heteroatoms. The summed E-state index contributed by atoms with van der Waals surface area (Å²) < 4.78 is 0. The highest BCUT2D eigenvalue weighted by Crippen LogP contribution is 1.96. The van der Waals surface area contributed by atoms with E-state index in [0.29, 0.717) is 19.3 Å². The van der Waals surface area contributed by atoms with Gasteiger partial charge in [0, 0.05) is 13.0 Å². The molecule has 3 amide bonds. The summed E-state index contributed by atoms with van der Waals surface area (Å²) in [6, 6.07) is -1.42. The number of hydrogen-bond acceptors (Lipinski definition) is 3. The minimum atomic E-state index is -1.06. The number of primary amides is 1. The molecule has 0 fully saturated rings. The highest BCUT2D eigenvalue weighted by atomic mass is 16.4. The van der Waals surface area contributed by atoms with Crippen LogP contribution in [0.2, 0.25) is 0 Å². The van der Waals surface area contributed by atoms with E-state index in [2.05, 4.69) is 10.6 Å². The number of carbonyl (C=O) groups excluding carboxylic acids is 2. The lowest BCUT2D eigenvalue weighted by molar-refractivity contribution is -0.139. The second kappa shape index (κ2) is 8.37. The first-order chi connectivity index (χ1) is 7.97. The molecule has 0 saturated carbocycles. The number of aliphatic carboxylic acids is 1. The van der Waals surface area contributed by atoms with E-state index in [1.165, 1.54) is 0 Å². The Hall–Kier alpha value is -1.79. The van der Waals surface area contributed by atoms with Crippen LogP contribution in [0.15, 0.2) is 0 Å². The van der Waals surface area contributed by atoms with Crippen molar-refractivity contribution >= 4 is 17.9 Å². The maximum atomic E-state index is 11.3. The van der Waals surface area contributed by atoms with Crippen LogP contribution in [-0.4, -0.2) is 35.6 Å². The Morgan fingerprint density at radius 3 is 2.47 bits per heavy atom. The number of rotatable bonds is 8. The highest BCUT2D eigenvalue weighted by molar-refractivity contribution is 5.82. The Bertz CT molecular complexity index is 281. The highest BCUT2D eigenvalue weighted by Gasteiger charge is 2.18. The van der Waals surface area contributed by atoms with E-state index < -0.39 is 23.9 Å². The van der Waals surface area contributed by atoms with Crippen molar-refractivity contribution in [2.45, 2.75) is 38.6 Å². The van der Waals surface area contributed by atoms with Gasteiger partial charge in [0.2, 0.25) is 5.91 Å². The van der Waals surface area contributed by atoms with Crippen molar-refractivity contribution < 1.29 is 19.5 Å². The maximum Gasteiger partial charge on any atom is 0.326 e. The van der Waals surface area contributed by atoms with Crippen LogP contribution in [0, 0.1) is 0 Å². The summed E-state index contributed by atoms with van der Waals surface area (Å²) in [7, 11) is 0. The van der Waals surface area contributed by atoms with Gasteiger partial charge in [-0.05, 0) is 12.8 Å². The second-order valence-corrected chi connectivity index (χ2v) is 3.65. The van der Waals surface area contributed by atoms with Crippen LogP contribution < -0.4 is 16.4 Å². The van der Waals surface area contributed by atoms with Crippen molar-refractivity contribution in [2.75, 3.05) is 6.54 Å². The molecule has 0 aliphatic heterocycles. The molecule has 1 atom stereocenters. The Balaban J connectivity index is 3.82. The molecule has 5 N–H and O–H groups in total. The Morgan fingerprint density at radius 1 is 1.35 bits per heavy atom. The van der Waals surface area contributed by atoms with Crippen LogP contribution in [0.5, 0.6) is 0 Å². The fraction of sp³-hybridized carbons (Fsp3) is 0.700. The minimum Gasteiger partial charge on any atom is -0.480 e. The van der Waals surface area contributed by atoms with Gasteiger partial charge in [-0.1, -0.05) is 13.3 Å². The monoisotopic (exact) mass is 245 g/mol. The molecule has 0 rings (SSSR count). The number of amides is 3. The van der Waals surface area contributed by atoms with E-state index in [4.69, 9.17) is 10.8 Å². The third-order valence-electron chi connectivity index (χ3n) is 2.07. The number of carboxylic acids is 1. The molecule has 98 valence electrons. The molecule has 0 bridgehead atoms. The van der Waals surface area contributed by atoms with E-state index in [1.54, 1.807) is 0 Å². The van der Waals surface area contributed by atoms with Crippen molar-refractivity contribution in [3.63, 3.8) is 0 Å². The molecule has 0 radical (unpaired) electrons. The lowest BCUT2D eigenvalue weighted by Crippen LogP contribution is -2.46. The molecule has 0 aliphatic rings. The van der Waals surface area contributed by atoms with Gasteiger partial charge in [-0.2, -0.15) is 0 Å². The molecule has 0 aromatic heterocycles. The van der Waals surface area contributed by atoms with Crippen LogP contribution in [0.25, 0.3) is 0 Å². The number of carboxylic acid groups (broad SMARTS) is 1. The fourth-order valence-electron chi connectivity index (χ4n) is 1.22. The average Bonchev–Trinajstić information content (AvgIpc) is 2.23. The summed E-state index contributed by atoms with van der Waals surface area (Å²) in [6.45, 7) is 2.12. The van der Waals surface area contributed by atoms with Crippen LogP contribution in [-0.2, 0) is 9.59 Å². The van der Waals surface area contributed by atoms with E-state index in [-0.39, 0.29) is 13.0 Å². The molecule has 0 spiro atoms. The third-order valence-corrected chi connectivity index (χ3v) is 2.07. The Kier molecular flexibility index (Phi) is 7.49. The van der Waals surface area contributed by atoms with Gasteiger partial charge in [-0.15, -0.1) is 0 Å². The first-order valence-corrected chi connectivity index (χ1v) is 5.52. The van der Waals surface area contributed by atoms with E-state index in [1.807, 2.05) is 6.92 Å². The Morgan fingerprint density at radius 2 is 2.00 bits per heavy atom. The summed E-state index contributed by atoms with van der Waals surface area (Å²) in [6.07, 6.45) is 1.68. The van der Waals surface area contributed by atoms with Crippen molar-refractivity contribution in [3.8, 4) is 0 Å². The summed E-state index contributed by atoms with van der Waals surface area (Å²) in [5.41, 5.74) is 4.92. The predicted octanol–water partition coefficient (Wildman–Crippen LogP) is -0.196. The standard InChI is InChI=1S/C10H19N3O4/c1-2-4-7(9(15)16)13-10(17)12-6-3-5-8(11)14/h7H,2-6H2,1H3,(H2,11,14)(H,15,16)(H2,12,13,17)/t7-/m1/s1. The lowest BCUT2D eigenvalue weighted by atomic mass is 10.2. The van der Waals surface area contributed by atoms with Crippen molar-refractivity contribution in [1.29, 1.82) is 0 Å². The normalized spacial score (nSPS) is 11.6. The Labute approximate surface area is 99.7 Å². The van der Waals surface area contributed by atoms with Crippen molar-refractivity contribution in [1.82, 2.24) is 10.6 Å². The van der Waals surface area contributed by atoms with E-state index >= 15 is 0 Å². The maximum absolute atomic E-state index is 11.3. The fourth-order valence-corrected chi connectivity index (χ4v) is 1.22. The lowest BCUT2D eigenvalue weighted by Gasteiger charge is -2.14. The largest absolute Gasteiger partial charge is 0.480 e. The number of nitrogens with two attached hydrogens (primary N) is 1. The first kappa shape index (κ1) is 15.2. The van der Waals surface area contributed by atoms with Gasteiger partial charge >= 0.3 is 12.0 Å². The first-order valence-electron chi connectivity index (χ1n) is 5.52. The minimum absolute atomic E-state index is 0.192. The molecular weight excluding hydrogens is 226 g/mol. The number of nitrogens with one attached hydrogen (secondary N) is 2.